The summed E-state index contributed by atoms with van der Waals surface area (Å²) in [5.74, 6) is -0.473. The maximum atomic E-state index is 13.3. The average Bonchev–Trinajstić information content (AvgIpc) is 3.31. The van der Waals surface area contributed by atoms with Gasteiger partial charge in [0.25, 0.3) is 11.8 Å². The van der Waals surface area contributed by atoms with Gasteiger partial charge in [-0.3, -0.25) is 14.5 Å². The monoisotopic (exact) mass is 376 g/mol. The lowest BCUT2D eigenvalue weighted by molar-refractivity contribution is -0.139. The molecule has 1 fully saturated rings. The number of likely N-dealkylation sites (N-methyl/N-ethyl adjacent to an activating group) is 1. The van der Waals surface area contributed by atoms with Crippen LogP contribution in [0.1, 0.15) is 24.0 Å². The van der Waals surface area contributed by atoms with Gasteiger partial charge < -0.3 is 9.64 Å². The van der Waals surface area contributed by atoms with Gasteiger partial charge in [0.2, 0.25) is 0 Å². The summed E-state index contributed by atoms with van der Waals surface area (Å²) < 4.78 is 5.67. The Morgan fingerprint density at radius 2 is 1.68 bits per heavy atom. The number of rotatable bonds is 6. The normalized spacial score (nSPS) is 19.6. The van der Waals surface area contributed by atoms with E-state index in [0.717, 1.165) is 24.0 Å². The van der Waals surface area contributed by atoms with E-state index in [-0.39, 0.29) is 17.9 Å². The Balaban J connectivity index is 1.68. The molecule has 1 atom stereocenters. The Morgan fingerprint density at radius 3 is 2.32 bits per heavy atom. The molecule has 2 heterocycles. The molecule has 0 bridgehead atoms. The number of hydrogen-bond acceptors (Lipinski definition) is 4. The summed E-state index contributed by atoms with van der Waals surface area (Å²) in [6.45, 7) is 1.57. The molecule has 2 aromatic carbocycles. The van der Waals surface area contributed by atoms with Gasteiger partial charge in [-0.25, -0.2) is 0 Å². The van der Waals surface area contributed by atoms with Gasteiger partial charge in [0.15, 0.2) is 0 Å². The van der Waals surface area contributed by atoms with E-state index >= 15 is 0 Å². The average molecular weight is 376 g/mol. The summed E-state index contributed by atoms with van der Waals surface area (Å²) in [4.78, 5) is 29.7. The van der Waals surface area contributed by atoms with Crippen molar-refractivity contribution in [2.75, 3.05) is 20.2 Å². The fourth-order valence-electron chi connectivity index (χ4n) is 3.88. The van der Waals surface area contributed by atoms with E-state index in [1.807, 2.05) is 72.6 Å². The van der Waals surface area contributed by atoms with E-state index < -0.39 is 0 Å². The first-order valence-corrected chi connectivity index (χ1v) is 9.67. The molecule has 5 heteroatoms. The Hall–Kier alpha value is -2.92. The standard InChI is InChI=1S/C23H24N2O3/c1-24(15-17-9-4-2-5-10-17)21-20(18-11-6-3-7-12-18)22(26)25(23(21)27)16-19-13-8-14-28-19/h2-7,9-12,19H,8,13-16H2,1H3. The van der Waals surface area contributed by atoms with Crippen molar-refractivity contribution in [3.8, 4) is 0 Å². The molecule has 2 aliphatic rings. The van der Waals surface area contributed by atoms with Crippen molar-refractivity contribution in [2.24, 2.45) is 0 Å². The molecule has 0 spiro atoms. The molecule has 2 aromatic rings. The summed E-state index contributed by atoms with van der Waals surface area (Å²) >= 11 is 0. The highest BCUT2D eigenvalue weighted by molar-refractivity contribution is 6.35. The van der Waals surface area contributed by atoms with Crippen LogP contribution in [0.25, 0.3) is 5.57 Å². The molecule has 0 N–H and O–H groups in total. The molecule has 5 nitrogen and oxygen atoms in total. The zero-order valence-corrected chi connectivity index (χ0v) is 16.0. The van der Waals surface area contributed by atoms with Crippen molar-refractivity contribution in [3.05, 3.63) is 77.5 Å². The number of nitrogens with zero attached hydrogens (tertiary/aromatic N) is 2. The molecule has 2 aliphatic heterocycles. The van der Waals surface area contributed by atoms with Crippen molar-refractivity contribution >= 4 is 17.4 Å². The highest BCUT2D eigenvalue weighted by Crippen LogP contribution is 2.32. The van der Waals surface area contributed by atoms with Crippen molar-refractivity contribution in [1.82, 2.24) is 9.80 Å². The fourth-order valence-corrected chi connectivity index (χ4v) is 3.88. The van der Waals surface area contributed by atoms with E-state index in [1.54, 1.807) is 0 Å². The Bertz CT molecular complexity index is 887. The molecule has 144 valence electrons. The molecule has 0 aromatic heterocycles. The quantitative estimate of drug-likeness (QED) is 0.727. The first kappa shape index (κ1) is 18.4. The zero-order chi connectivity index (χ0) is 19.5. The Kier molecular flexibility index (Phi) is 5.26. The summed E-state index contributed by atoms with van der Waals surface area (Å²) in [6, 6.07) is 19.4. The van der Waals surface area contributed by atoms with Crippen LogP contribution in [0.5, 0.6) is 0 Å². The fraction of sp³-hybridized carbons (Fsp3) is 0.304. The minimum absolute atomic E-state index is 0.0660. The molecular formula is C23H24N2O3. The highest BCUT2D eigenvalue weighted by Gasteiger charge is 2.42. The van der Waals surface area contributed by atoms with Gasteiger partial charge >= 0.3 is 0 Å². The van der Waals surface area contributed by atoms with Gasteiger partial charge in [-0.15, -0.1) is 0 Å². The van der Waals surface area contributed by atoms with Crippen LogP contribution in [0, 0.1) is 0 Å². The number of ether oxygens (including phenoxy) is 1. The smallest absolute Gasteiger partial charge is 0.277 e. The van der Waals surface area contributed by atoms with Crippen LogP contribution in [0.15, 0.2) is 66.4 Å². The lowest BCUT2D eigenvalue weighted by Gasteiger charge is -2.22. The van der Waals surface area contributed by atoms with Crippen LogP contribution >= 0.6 is 0 Å². The molecular weight excluding hydrogens is 352 g/mol. The minimum Gasteiger partial charge on any atom is -0.376 e. The van der Waals surface area contributed by atoms with E-state index in [1.165, 1.54) is 4.90 Å². The molecule has 1 saturated heterocycles. The Morgan fingerprint density at radius 1 is 1.00 bits per heavy atom. The van der Waals surface area contributed by atoms with Crippen LogP contribution in [-0.2, 0) is 20.9 Å². The van der Waals surface area contributed by atoms with Gasteiger partial charge in [-0.1, -0.05) is 60.7 Å². The third kappa shape index (κ3) is 3.58. The lowest BCUT2D eigenvalue weighted by Crippen LogP contribution is -2.39. The van der Waals surface area contributed by atoms with Gasteiger partial charge in [0.05, 0.1) is 18.2 Å². The van der Waals surface area contributed by atoms with Crippen molar-refractivity contribution in [3.63, 3.8) is 0 Å². The van der Waals surface area contributed by atoms with Crippen LogP contribution in [-0.4, -0.2) is 47.9 Å². The van der Waals surface area contributed by atoms with Crippen LogP contribution in [0.3, 0.4) is 0 Å². The Labute approximate surface area is 165 Å². The molecule has 2 amide bonds. The number of hydrogen-bond donors (Lipinski definition) is 0. The molecule has 0 radical (unpaired) electrons. The first-order valence-electron chi connectivity index (χ1n) is 9.67. The second-order valence-electron chi connectivity index (χ2n) is 7.29. The zero-order valence-electron chi connectivity index (χ0n) is 16.0. The van der Waals surface area contributed by atoms with Crippen LogP contribution in [0.4, 0.5) is 0 Å². The molecule has 4 rings (SSSR count). The third-order valence-corrected chi connectivity index (χ3v) is 5.26. The predicted octanol–water partition coefficient (Wildman–Crippen LogP) is 3.08. The summed E-state index contributed by atoms with van der Waals surface area (Å²) in [5, 5.41) is 0. The van der Waals surface area contributed by atoms with Gasteiger partial charge in [0.1, 0.15) is 5.70 Å². The number of imide groups is 1. The number of benzene rings is 2. The predicted molar refractivity (Wildman–Crippen MR) is 107 cm³/mol. The van der Waals surface area contributed by atoms with Crippen molar-refractivity contribution in [2.45, 2.75) is 25.5 Å². The maximum Gasteiger partial charge on any atom is 0.277 e. The van der Waals surface area contributed by atoms with Gasteiger partial charge in [0, 0.05) is 20.2 Å². The number of carbonyl (C=O) groups excluding carboxylic acids is 2. The topological polar surface area (TPSA) is 49.9 Å². The maximum absolute atomic E-state index is 13.3. The number of amides is 2. The van der Waals surface area contributed by atoms with Crippen LogP contribution in [0.2, 0.25) is 0 Å². The van der Waals surface area contributed by atoms with E-state index in [4.69, 9.17) is 4.74 Å². The molecule has 28 heavy (non-hydrogen) atoms. The minimum atomic E-state index is -0.238. The number of carbonyl (C=O) groups is 2. The first-order chi connectivity index (χ1) is 13.6. The second kappa shape index (κ2) is 7.98. The van der Waals surface area contributed by atoms with Crippen molar-refractivity contribution < 1.29 is 14.3 Å². The van der Waals surface area contributed by atoms with Crippen molar-refractivity contribution in [1.29, 1.82) is 0 Å². The molecule has 0 aliphatic carbocycles. The summed E-state index contributed by atoms with van der Waals surface area (Å²) in [6.07, 6.45) is 1.79. The van der Waals surface area contributed by atoms with E-state index in [0.29, 0.717) is 31.0 Å². The second-order valence-corrected chi connectivity index (χ2v) is 7.29. The lowest BCUT2D eigenvalue weighted by atomic mass is 10.0. The summed E-state index contributed by atoms with van der Waals surface area (Å²) in [5.41, 5.74) is 2.79. The SMILES string of the molecule is CN(Cc1ccccc1)C1=C(c2ccccc2)C(=O)N(CC2CCCO2)C1=O. The van der Waals surface area contributed by atoms with E-state index in [9.17, 15) is 9.59 Å². The third-order valence-electron chi connectivity index (χ3n) is 5.26. The largest absolute Gasteiger partial charge is 0.376 e. The van der Waals surface area contributed by atoms with Crippen LogP contribution < -0.4 is 0 Å². The summed E-state index contributed by atoms with van der Waals surface area (Å²) in [7, 11) is 1.87. The van der Waals surface area contributed by atoms with Gasteiger partial charge in [-0.05, 0) is 24.0 Å². The van der Waals surface area contributed by atoms with E-state index in [2.05, 4.69) is 0 Å². The van der Waals surface area contributed by atoms with Gasteiger partial charge in [-0.2, -0.15) is 0 Å². The molecule has 1 unspecified atom stereocenters. The highest BCUT2D eigenvalue weighted by atomic mass is 16.5. The molecule has 0 saturated carbocycles.